The Balaban J connectivity index is 3.09. The molecular weight excluding hydrogens is 254 g/mol. The Hall–Kier alpha value is -0.830. The quantitative estimate of drug-likeness (QED) is 0.892. The number of hydrogen-bond acceptors (Lipinski definition) is 1. The van der Waals surface area contributed by atoms with E-state index in [0.29, 0.717) is 0 Å². The van der Waals surface area contributed by atoms with Crippen LogP contribution in [0.5, 0.6) is 0 Å². The van der Waals surface area contributed by atoms with Gasteiger partial charge in [-0.3, -0.25) is 4.79 Å². The molecule has 0 radical (unpaired) electrons. The molecule has 1 rings (SSSR count). The van der Waals surface area contributed by atoms with Gasteiger partial charge in [-0.15, -0.1) is 0 Å². The van der Waals surface area contributed by atoms with E-state index in [0.717, 1.165) is 28.6 Å². The molecule has 2 nitrogen and oxygen atoms in total. The van der Waals surface area contributed by atoms with Gasteiger partial charge in [-0.1, -0.05) is 29.3 Å². The van der Waals surface area contributed by atoms with E-state index in [9.17, 15) is 4.79 Å². The summed E-state index contributed by atoms with van der Waals surface area (Å²) in [5.74, 6) is -0.0251. The highest BCUT2D eigenvalue weighted by Gasteiger charge is 2.08. The van der Waals surface area contributed by atoms with Crippen molar-refractivity contribution >= 4 is 27.5 Å². The summed E-state index contributed by atoms with van der Waals surface area (Å²) in [5, 5.41) is 2.84. The molecule has 0 aromatic heterocycles. The minimum atomic E-state index is -0.0251. The molecule has 0 aliphatic carbocycles. The van der Waals surface area contributed by atoms with Crippen LogP contribution in [0.3, 0.4) is 0 Å². The predicted molar refractivity (Wildman–Crippen MR) is 67.2 cm³/mol. The van der Waals surface area contributed by atoms with Crippen LogP contribution in [0.2, 0.25) is 0 Å². The van der Waals surface area contributed by atoms with Crippen LogP contribution >= 0.6 is 15.9 Å². The average molecular weight is 270 g/mol. The normalized spacial score (nSPS) is 10.1. The molecule has 1 aromatic rings. The maximum atomic E-state index is 11.0. The van der Waals surface area contributed by atoms with Crippen molar-refractivity contribution in [3.63, 3.8) is 0 Å². The molecule has 0 saturated heterocycles. The molecule has 0 unspecified atom stereocenters. The fourth-order valence-corrected chi connectivity index (χ4v) is 2.23. The Kier molecular flexibility index (Phi) is 4.33. The van der Waals surface area contributed by atoms with Gasteiger partial charge in [0.15, 0.2) is 0 Å². The molecule has 3 heteroatoms. The number of benzene rings is 1. The summed E-state index contributed by atoms with van der Waals surface area (Å²) in [6, 6.07) is 3.92. The molecule has 82 valence electrons. The summed E-state index contributed by atoms with van der Waals surface area (Å²) >= 11 is 3.54. The maximum absolute atomic E-state index is 11.0. The Labute approximate surface area is 99.2 Å². The Morgan fingerprint density at radius 2 is 2.13 bits per heavy atom. The van der Waals surface area contributed by atoms with Crippen molar-refractivity contribution in [3.05, 3.63) is 27.7 Å². The van der Waals surface area contributed by atoms with Crippen molar-refractivity contribution in [3.8, 4) is 0 Å². The third kappa shape index (κ3) is 3.06. The van der Waals surface area contributed by atoms with Crippen LogP contribution in [0.15, 0.2) is 16.6 Å². The number of carbonyl (C=O) groups is 1. The summed E-state index contributed by atoms with van der Waals surface area (Å²) in [5.41, 5.74) is 3.35. The monoisotopic (exact) mass is 269 g/mol. The first-order valence-electron chi connectivity index (χ1n) is 5.11. The number of rotatable bonds is 3. The lowest BCUT2D eigenvalue weighted by atomic mass is 10.0. The molecule has 0 saturated carbocycles. The number of carbonyl (C=O) groups excluding carboxylic acids is 1. The fourth-order valence-electron chi connectivity index (χ4n) is 1.61. The minimum Gasteiger partial charge on any atom is -0.326 e. The number of hydrogen-bond donors (Lipinski definition) is 1. The van der Waals surface area contributed by atoms with Gasteiger partial charge in [0, 0.05) is 17.1 Å². The zero-order valence-electron chi connectivity index (χ0n) is 9.36. The van der Waals surface area contributed by atoms with Gasteiger partial charge in [0.25, 0.3) is 0 Å². The lowest BCUT2D eigenvalue weighted by molar-refractivity contribution is -0.114. The zero-order chi connectivity index (χ0) is 11.4. The minimum absolute atomic E-state index is 0.0251. The number of amides is 1. The molecule has 1 amide bonds. The van der Waals surface area contributed by atoms with E-state index < -0.39 is 0 Å². The van der Waals surface area contributed by atoms with Crippen LogP contribution in [-0.2, 0) is 11.2 Å². The van der Waals surface area contributed by atoms with Crippen molar-refractivity contribution in [1.82, 2.24) is 0 Å². The summed E-state index contributed by atoms with van der Waals surface area (Å²) in [6.45, 7) is 5.72. The van der Waals surface area contributed by atoms with E-state index >= 15 is 0 Å². The van der Waals surface area contributed by atoms with Crippen molar-refractivity contribution in [2.24, 2.45) is 0 Å². The van der Waals surface area contributed by atoms with Crippen LogP contribution in [-0.4, -0.2) is 5.91 Å². The second-order valence-electron chi connectivity index (χ2n) is 3.63. The highest BCUT2D eigenvalue weighted by atomic mass is 79.9. The van der Waals surface area contributed by atoms with E-state index in [1.165, 1.54) is 12.5 Å². The average Bonchev–Trinajstić information content (AvgIpc) is 2.16. The lowest BCUT2D eigenvalue weighted by Crippen LogP contribution is -2.08. The lowest BCUT2D eigenvalue weighted by Gasteiger charge is -2.13. The molecular formula is C12H16BrNO. The zero-order valence-corrected chi connectivity index (χ0v) is 10.9. The Bertz CT molecular complexity index is 374. The first-order chi connectivity index (χ1) is 7.06. The largest absolute Gasteiger partial charge is 0.326 e. The van der Waals surface area contributed by atoms with E-state index in [1.54, 1.807) is 0 Å². The van der Waals surface area contributed by atoms with Crippen molar-refractivity contribution in [2.75, 3.05) is 5.32 Å². The van der Waals surface area contributed by atoms with E-state index in [-0.39, 0.29) is 5.91 Å². The third-order valence-electron chi connectivity index (χ3n) is 2.35. The molecule has 0 aliphatic rings. The number of halogens is 1. The molecule has 0 aliphatic heterocycles. The third-order valence-corrected chi connectivity index (χ3v) is 3.09. The molecule has 1 N–H and O–H groups in total. The van der Waals surface area contributed by atoms with Crippen LogP contribution in [0, 0.1) is 6.92 Å². The van der Waals surface area contributed by atoms with Gasteiger partial charge in [-0.2, -0.15) is 0 Å². The van der Waals surface area contributed by atoms with Crippen LogP contribution < -0.4 is 5.32 Å². The SMILES string of the molecule is CCCc1c(Br)ccc(NC(C)=O)c1C. The highest BCUT2D eigenvalue weighted by molar-refractivity contribution is 9.10. The number of nitrogens with one attached hydrogen (secondary N) is 1. The predicted octanol–water partition coefficient (Wildman–Crippen LogP) is 3.67. The summed E-state index contributed by atoms with van der Waals surface area (Å²) in [6.07, 6.45) is 2.13. The molecule has 0 fully saturated rings. The van der Waals surface area contributed by atoms with Crippen LogP contribution in [0.25, 0.3) is 0 Å². The van der Waals surface area contributed by atoms with Crippen LogP contribution in [0.1, 0.15) is 31.4 Å². The maximum Gasteiger partial charge on any atom is 0.221 e. The van der Waals surface area contributed by atoms with Gasteiger partial charge in [0.1, 0.15) is 0 Å². The van der Waals surface area contributed by atoms with Gasteiger partial charge < -0.3 is 5.32 Å². The molecule has 15 heavy (non-hydrogen) atoms. The molecule has 0 spiro atoms. The Morgan fingerprint density at radius 3 is 2.67 bits per heavy atom. The van der Waals surface area contributed by atoms with Crippen molar-refractivity contribution < 1.29 is 4.79 Å². The first-order valence-corrected chi connectivity index (χ1v) is 5.91. The molecule has 0 bridgehead atoms. The second-order valence-corrected chi connectivity index (χ2v) is 4.48. The van der Waals surface area contributed by atoms with Gasteiger partial charge in [-0.25, -0.2) is 0 Å². The summed E-state index contributed by atoms with van der Waals surface area (Å²) < 4.78 is 1.12. The van der Waals surface area contributed by atoms with E-state index in [4.69, 9.17) is 0 Å². The van der Waals surface area contributed by atoms with E-state index in [1.807, 2.05) is 19.1 Å². The van der Waals surface area contributed by atoms with Crippen molar-refractivity contribution in [2.45, 2.75) is 33.6 Å². The molecule has 1 aromatic carbocycles. The topological polar surface area (TPSA) is 29.1 Å². The first kappa shape index (κ1) is 12.2. The summed E-state index contributed by atoms with van der Waals surface area (Å²) in [7, 11) is 0. The Morgan fingerprint density at radius 1 is 1.47 bits per heavy atom. The number of anilines is 1. The van der Waals surface area contributed by atoms with Gasteiger partial charge in [-0.05, 0) is 36.6 Å². The van der Waals surface area contributed by atoms with Gasteiger partial charge in [0.2, 0.25) is 5.91 Å². The van der Waals surface area contributed by atoms with Gasteiger partial charge >= 0.3 is 0 Å². The molecule has 0 atom stereocenters. The second kappa shape index (κ2) is 5.31. The van der Waals surface area contributed by atoms with Crippen molar-refractivity contribution in [1.29, 1.82) is 0 Å². The van der Waals surface area contributed by atoms with E-state index in [2.05, 4.69) is 28.2 Å². The van der Waals surface area contributed by atoms with Crippen LogP contribution in [0.4, 0.5) is 5.69 Å². The standard InChI is InChI=1S/C12H16BrNO/c1-4-5-10-8(2)12(14-9(3)15)7-6-11(10)13/h6-7H,4-5H2,1-3H3,(H,14,15). The fraction of sp³-hybridized carbons (Fsp3) is 0.417. The highest BCUT2D eigenvalue weighted by Crippen LogP contribution is 2.27. The smallest absolute Gasteiger partial charge is 0.221 e. The molecule has 0 heterocycles. The summed E-state index contributed by atoms with van der Waals surface area (Å²) in [4.78, 5) is 11.0. The van der Waals surface area contributed by atoms with Gasteiger partial charge in [0.05, 0.1) is 0 Å².